The summed E-state index contributed by atoms with van der Waals surface area (Å²) in [5, 5.41) is 36.9. The molecule has 10 rings (SSSR count). The Hall–Kier alpha value is -5.84. The van der Waals surface area contributed by atoms with Crippen LogP contribution < -0.4 is 9.47 Å². The Labute approximate surface area is 334 Å². The average molecular weight is 782 g/mol. The lowest BCUT2D eigenvalue weighted by atomic mass is 9.86. The number of amides is 1. The summed E-state index contributed by atoms with van der Waals surface area (Å²) in [6.07, 6.45) is 12.0. The molecule has 1 amide bonds. The number of fused-ring (bicyclic) bond motifs is 5. The molecule has 12 nitrogen and oxygen atoms in total. The van der Waals surface area contributed by atoms with Crippen molar-refractivity contribution in [3.05, 3.63) is 111 Å². The summed E-state index contributed by atoms with van der Waals surface area (Å²) in [5.41, 5.74) is 5.65. The van der Waals surface area contributed by atoms with Crippen molar-refractivity contribution in [1.82, 2.24) is 4.90 Å². The molecule has 5 aliphatic heterocycles. The molecule has 5 heterocycles. The summed E-state index contributed by atoms with van der Waals surface area (Å²) >= 11 is 0. The van der Waals surface area contributed by atoms with Crippen molar-refractivity contribution in [2.45, 2.75) is 81.4 Å². The maximum Gasteiger partial charge on any atom is 0.254 e. The van der Waals surface area contributed by atoms with Crippen molar-refractivity contribution >= 4 is 34.8 Å². The predicted molar refractivity (Wildman–Crippen MR) is 212 cm³/mol. The molecular formula is C46H41N2O10+. The normalized spacial score (nSPS) is 27.5. The molecule has 58 heavy (non-hydrogen) atoms. The summed E-state index contributed by atoms with van der Waals surface area (Å²) in [4.78, 5) is 34.6. The number of nitrogens with zero attached hydrogens (tertiary/aromatic N) is 2. The fourth-order valence-electron chi connectivity index (χ4n) is 9.36. The molecule has 0 radical (unpaired) electrons. The second-order valence-corrected chi connectivity index (χ2v) is 15.6. The van der Waals surface area contributed by atoms with Crippen LogP contribution in [-0.2, 0) is 27.2 Å². The van der Waals surface area contributed by atoms with Crippen molar-refractivity contribution in [2.75, 3.05) is 20.3 Å². The summed E-state index contributed by atoms with van der Waals surface area (Å²) in [5.74, 6) is 2.46. The van der Waals surface area contributed by atoms with Gasteiger partial charge in [-0.1, -0.05) is 30.9 Å². The third-order valence-corrected chi connectivity index (χ3v) is 12.3. The maximum atomic E-state index is 14.7. The summed E-state index contributed by atoms with van der Waals surface area (Å²) in [7, 11) is 1.53. The molecular weight excluding hydrogens is 741 g/mol. The number of carbonyl (C=O) groups is 2. The first kappa shape index (κ1) is 36.5. The van der Waals surface area contributed by atoms with Crippen LogP contribution in [0.15, 0.2) is 76.5 Å². The van der Waals surface area contributed by atoms with Gasteiger partial charge in [0.25, 0.3) is 5.91 Å². The number of aliphatic hydroxyl groups excluding tert-OH is 2. The first-order valence-corrected chi connectivity index (χ1v) is 19.7. The lowest BCUT2D eigenvalue weighted by Crippen LogP contribution is -2.61. The molecule has 2 aliphatic carbocycles. The Kier molecular flexibility index (Phi) is 9.14. The number of phenols is 1. The highest BCUT2D eigenvalue weighted by Gasteiger charge is 2.49. The van der Waals surface area contributed by atoms with Crippen LogP contribution in [0, 0.1) is 18.4 Å². The molecule has 3 N–H and O–H groups in total. The SMILES string of the molecule is COc1cc2cc(C3CCCC3)c3c(O)c2c2c1C=CC(C1=C4[CH+]C=CC=C4N=C1)OCC1OC(O2)C(O)C(OC#CCc2cccc4c2CN(CC3=O)C4=O)C1O. The van der Waals surface area contributed by atoms with Crippen LogP contribution in [0.25, 0.3) is 16.8 Å². The molecule has 12 heteroatoms. The smallest absolute Gasteiger partial charge is 0.254 e. The van der Waals surface area contributed by atoms with E-state index in [2.05, 4.69) is 17.0 Å². The number of hydrogen-bond donors (Lipinski definition) is 3. The zero-order chi connectivity index (χ0) is 39.7. The number of aliphatic hydroxyl groups is 2. The molecule has 7 aliphatic rings. The summed E-state index contributed by atoms with van der Waals surface area (Å²) < 4.78 is 31.5. The second-order valence-electron chi connectivity index (χ2n) is 15.6. The lowest BCUT2D eigenvalue weighted by Gasteiger charge is -2.41. The van der Waals surface area contributed by atoms with Crippen molar-refractivity contribution in [1.29, 1.82) is 0 Å². The molecule has 2 fully saturated rings. The fourth-order valence-corrected chi connectivity index (χ4v) is 9.36. The Bertz CT molecular complexity index is 2480. The molecule has 294 valence electrons. The van der Waals surface area contributed by atoms with Gasteiger partial charge in [0.15, 0.2) is 23.7 Å². The van der Waals surface area contributed by atoms with E-state index in [1.54, 1.807) is 30.5 Å². The first-order chi connectivity index (χ1) is 28.3. The quantitative estimate of drug-likeness (QED) is 0.238. The molecule has 0 spiro atoms. The maximum absolute atomic E-state index is 14.7. The Morgan fingerprint density at radius 2 is 1.95 bits per heavy atom. The van der Waals surface area contributed by atoms with Crippen LogP contribution in [0.5, 0.6) is 17.2 Å². The molecule has 3 aromatic rings. The van der Waals surface area contributed by atoms with Gasteiger partial charge >= 0.3 is 0 Å². The van der Waals surface area contributed by atoms with Gasteiger partial charge in [0, 0.05) is 43.2 Å². The van der Waals surface area contributed by atoms with Crippen molar-refractivity contribution in [2.24, 2.45) is 4.99 Å². The number of aliphatic imine (C=N–C) groups is 1. The van der Waals surface area contributed by atoms with Gasteiger partial charge in [-0.25, -0.2) is 0 Å². The molecule has 1 saturated carbocycles. The van der Waals surface area contributed by atoms with Crippen molar-refractivity contribution in [3.8, 4) is 29.3 Å². The zero-order valence-corrected chi connectivity index (χ0v) is 31.7. The van der Waals surface area contributed by atoms with Crippen LogP contribution >= 0.6 is 0 Å². The minimum atomic E-state index is -1.58. The number of allylic oxidation sites excluding steroid dienone is 4. The van der Waals surface area contributed by atoms with Gasteiger partial charge in [0.05, 0.1) is 48.6 Å². The van der Waals surface area contributed by atoms with E-state index in [1.807, 2.05) is 42.9 Å². The van der Waals surface area contributed by atoms with Gasteiger partial charge in [-0.3, -0.25) is 9.59 Å². The molecule has 8 bridgehead atoms. The Morgan fingerprint density at radius 3 is 2.79 bits per heavy atom. The van der Waals surface area contributed by atoms with E-state index in [-0.39, 0.29) is 60.4 Å². The zero-order valence-electron chi connectivity index (χ0n) is 31.7. The highest BCUT2D eigenvalue weighted by Crippen LogP contribution is 2.49. The second kappa shape index (κ2) is 14.5. The molecule has 6 atom stereocenters. The van der Waals surface area contributed by atoms with Gasteiger partial charge in [0.1, 0.15) is 47.2 Å². The van der Waals surface area contributed by atoms with Gasteiger partial charge in [0.2, 0.25) is 6.29 Å². The number of hydrogen-bond acceptors (Lipinski definition) is 11. The number of benzene rings is 3. The van der Waals surface area contributed by atoms with E-state index in [9.17, 15) is 24.9 Å². The first-order valence-electron chi connectivity index (χ1n) is 19.7. The predicted octanol–water partition coefficient (Wildman–Crippen LogP) is 5.23. The number of Topliss-reactive ketones (excluding diaryl/α,β-unsaturated/α-hetero) is 1. The van der Waals surface area contributed by atoms with E-state index in [0.717, 1.165) is 53.7 Å². The Balaban J connectivity index is 1.21. The van der Waals surface area contributed by atoms with E-state index >= 15 is 0 Å². The lowest BCUT2D eigenvalue weighted by molar-refractivity contribution is -0.279. The van der Waals surface area contributed by atoms with Crippen LogP contribution in [-0.4, -0.2) is 95.2 Å². The number of rotatable bonds is 3. The number of carbonyl (C=O) groups excluding carboxylic acids is 2. The molecule has 0 aromatic heterocycles. The van der Waals surface area contributed by atoms with E-state index in [4.69, 9.17) is 23.7 Å². The molecule has 3 aromatic carbocycles. The number of methoxy groups -OCH3 is 1. The minimum absolute atomic E-state index is 0.00217. The third-order valence-electron chi connectivity index (χ3n) is 12.3. The van der Waals surface area contributed by atoms with Gasteiger partial charge in [-0.15, -0.1) is 0 Å². The van der Waals surface area contributed by atoms with Crippen molar-refractivity contribution in [3.63, 3.8) is 0 Å². The Morgan fingerprint density at radius 1 is 1.09 bits per heavy atom. The van der Waals surface area contributed by atoms with Gasteiger partial charge in [-0.2, -0.15) is 4.99 Å². The van der Waals surface area contributed by atoms with E-state index < -0.39 is 42.6 Å². The number of aromatic hydroxyl groups is 1. The van der Waals surface area contributed by atoms with Crippen LogP contribution in [0.1, 0.15) is 74.6 Å². The van der Waals surface area contributed by atoms with Gasteiger partial charge < -0.3 is 43.9 Å². The van der Waals surface area contributed by atoms with Gasteiger partial charge in [-0.05, 0) is 71.2 Å². The van der Waals surface area contributed by atoms with Crippen LogP contribution in [0.2, 0.25) is 0 Å². The van der Waals surface area contributed by atoms with E-state index in [0.29, 0.717) is 27.8 Å². The van der Waals surface area contributed by atoms with Crippen LogP contribution in [0.4, 0.5) is 0 Å². The third kappa shape index (κ3) is 6.00. The molecule has 1 saturated heterocycles. The topological polar surface area (TPSA) is 157 Å². The van der Waals surface area contributed by atoms with Crippen LogP contribution in [0.3, 0.4) is 0 Å². The highest BCUT2D eigenvalue weighted by molar-refractivity contribution is 6.11. The largest absolute Gasteiger partial charge is 0.506 e. The summed E-state index contributed by atoms with van der Waals surface area (Å²) in [6.45, 7) is -0.201. The molecule has 6 unspecified atom stereocenters. The highest BCUT2D eigenvalue weighted by atomic mass is 16.7. The average Bonchev–Trinajstić information content (AvgIpc) is 3.98. The summed E-state index contributed by atoms with van der Waals surface area (Å²) in [6, 6.07) is 9.10. The number of phenolic OH excluding ortho intramolecular Hbond substituents is 1. The number of ketones is 1. The number of ether oxygens (including phenoxy) is 5. The van der Waals surface area contributed by atoms with E-state index in [1.165, 1.54) is 12.0 Å². The monoisotopic (exact) mass is 781 g/mol. The minimum Gasteiger partial charge on any atom is -0.506 e. The standard InChI is InChI=1S/C46H40N2O10/c1-54-36-19-26-18-30(24-8-2-3-9-24)39-34(49)22-48-21-32-25(10-6-13-28(32)45(48)53)11-7-17-55-44-40(50)37-23-56-35(31-20-47-33-14-5-4-12-27(31)33)16-15-29(36)43(38(26)41(39)51)58-46(57-37)42(44)52/h4-6,10,12-16,18-20,24,35,37,40,42,44,46,50,52H,2-3,8-9,11,21-23H2,1H3/p+1. The fraction of sp³-hybridized carbons (Fsp3) is 0.348. The van der Waals surface area contributed by atoms with Crippen molar-refractivity contribution < 1.29 is 48.6 Å².